The van der Waals surface area contributed by atoms with E-state index in [-0.39, 0.29) is 23.7 Å². The van der Waals surface area contributed by atoms with Crippen LogP contribution in [0.15, 0.2) is 0 Å². The van der Waals surface area contributed by atoms with Crippen LogP contribution in [0.25, 0.3) is 0 Å². The Labute approximate surface area is 211 Å². The Bertz CT molecular complexity index is 664. The molecular weight excluding hydrogens is 420 g/mol. The molecule has 0 amide bonds. The summed E-state index contributed by atoms with van der Waals surface area (Å²) in [6, 6.07) is 0. The zero-order chi connectivity index (χ0) is 25.5. The summed E-state index contributed by atoms with van der Waals surface area (Å²) in [5.41, 5.74) is -0.773. The molecule has 3 aliphatic rings. The van der Waals surface area contributed by atoms with Crippen molar-refractivity contribution in [1.82, 2.24) is 0 Å². The third-order valence-corrected chi connectivity index (χ3v) is 11.0. The van der Waals surface area contributed by atoms with E-state index in [4.69, 9.17) is 4.74 Å². The highest BCUT2D eigenvalue weighted by atomic mass is 16.5. The van der Waals surface area contributed by atoms with E-state index in [1.165, 1.54) is 38.5 Å². The van der Waals surface area contributed by atoms with Gasteiger partial charge in [0.1, 0.15) is 0 Å². The van der Waals surface area contributed by atoms with Crippen molar-refractivity contribution in [2.24, 2.45) is 46.3 Å². The van der Waals surface area contributed by atoms with Crippen molar-refractivity contribution in [2.75, 3.05) is 6.61 Å². The Morgan fingerprint density at radius 3 is 2.15 bits per heavy atom. The van der Waals surface area contributed by atoms with Gasteiger partial charge in [-0.3, -0.25) is 0 Å². The maximum absolute atomic E-state index is 11.9. The summed E-state index contributed by atoms with van der Waals surface area (Å²) in [5.74, 6) is 3.63. The lowest BCUT2D eigenvalue weighted by Gasteiger charge is -2.60. The lowest BCUT2D eigenvalue weighted by Crippen LogP contribution is -2.59. The number of aliphatic hydroxyl groups is 2. The number of aliphatic hydroxyl groups excluding tert-OH is 1. The molecule has 3 fully saturated rings. The van der Waals surface area contributed by atoms with Crippen molar-refractivity contribution >= 4 is 0 Å². The highest BCUT2D eigenvalue weighted by molar-refractivity contribution is 5.10. The Morgan fingerprint density at radius 2 is 1.59 bits per heavy atom. The number of fused-ring (bicyclic) bond motifs is 1. The molecule has 0 spiro atoms. The fourth-order valence-electron chi connectivity index (χ4n) is 9.05. The van der Waals surface area contributed by atoms with Gasteiger partial charge >= 0.3 is 0 Å². The van der Waals surface area contributed by atoms with Crippen molar-refractivity contribution in [1.29, 1.82) is 0 Å². The maximum Gasteiger partial charge on any atom is 0.0700 e. The summed E-state index contributed by atoms with van der Waals surface area (Å²) in [7, 11) is 0. The molecule has 0 aromatic carbocycles. The zero-order valence-electron chi connectivity index (χ0n) is 24.1. The van der Waals surface area contributed by atoms with Gasteiger partial charge in [-0.05, 0) is 113 Å². The van der Waals surface area contributed by atoms with Gasteiger partial charge in [-0.1, -0.05) is 53.9 Å². The van der Waals surface area contributed by atoms with Gasteiger partial charge in [0.15, 0.2) is 0 Å². The minimum Gasteiger partial charge on any atom is -0.396 e. The largest absolute Gasteiger partial charge is 0.396 e. The van der Waals surface area contributed by atoms with Gasteiger partial charge in [0.05, 0.1) is 17.3 Å². The fourth-order valence-corrected chi connectivity index (χ4v) is 9.05. The monoisotopic (exact) mass is 478 g/mol. The summed E-state index contributed by atoms with van der Waals surface area (Å²) in [4.78, 5) is 0. The molecule has 200 valence electrons. The lowest BCUT2D eigenvalue weighted by atomic mass is 9.47. The van der Waals surface area contributed by atoms with Crippen LogP contribution in [0.4, 0.5) is 0 Å². The zero-order valence-corrected chi connectivity index (χ0v) is 24.1. The van der Waals surface area contributed by atoms with Crippen LogP contribution in [0.3, 0.4) is 0 Å². The van der Waals surface area contributed by atoms with Crippen LogP contribution < -0.4 is 0 Å². The van der Waals surface area contributed by atoms with Crippen LogP contribution in [-0.4, -0.2) is 34.1 Å². The number of ether oxygens (including phenoxy) is 1. The average molecular weight is 479 g/mol. The Morgan fingerprint density at radius 1 is 0.912 bits per heavy atom. The van der Waals surface area contributed by atoms with Crippen molar-refractivity contribution in [2.45, 2.75) is 144 Å². The van der Waals surface area contributed by atoms with Gasteiger partial charge in [0.25, 0.3) is 0 Å². The molecule has 0 unspecified atom stereocenters. The standard InChI is InChI=1S/C31H58O3/c1-21(2)11-10-12-22(3)25-13-14-26-24(20-32)27(16-17-29(25,26)7)30(8)18-15-23(19-31(30,9)33)34-28(4,5)6/h21-27,32-33H,10-20H2,1-9H3/t22-,23+,24-,25+,26+,27+,29-,30-,31+/m1/s1. The van der Waals surface area contributed by atoms with Gasteiger partial charge in [0.2, 0.25) is 0 Å². The first-order valence-corrected chi connectivity index (χ1v) is 14.7. The Balaban J connectivity index is 1.75. The van der Waals surface area contributed by atoms with Crippen LogP contribution in [0.1, 0.15) is 127 Å². The third-order valence-electron chi connectivity index (χ3n) is 11.0. The van der Waals surface area contributed by atoms with Gasteiger partial charge in [-0.25, -0.2) is 0 Å². The van der Waals surface area contributed by atoms with E-state index in [0.717, 1.165) is 37.0 Å². The van der Waals surface area contributed by atoms with Crippen molar-refractivity contribution in [3.63, 3.8) is 0 Å². The molecule has 3 rings (SSSR count). The smallest absolute Gasteiger partial charge is 0.0700 e. The Kier molecular flexibility index (Phi) is 8.64. The van der Waals surface area contributed by atoms with E-state index in [2.05, 4.69) is 62.3 Å². The molecule has 0 radical (unpaired) electrons. The Hall–Kier alpha value is -0.120. The summed E-state index contributed by atoms with van der Waals surface area (Å²) >= 11 is 0. The van der Waals surface area contributed by atoms with Gasteiger partial charge in [-0.2, -0.15) is 0 Å². The summed E-state index contributed by atoms with van der Waals surface area (Å²) in [6.45, 7) is 20.7. The predicted octanol–water partition coefficient (Wildman–Crippen LogP) is 7.62. The number of hydrogen-bond acceptors (Lipinski definition) is 3. The van der Waals surface area contributed by atoms with Gasteiger partial charge in [-0.15, -0.1) is 0 Å². The van der Waals surface area contributed by atoms with Gasteiger partial charge < -0.3 is 14.9 Å². The second kappa shape index (κ2) is 10.3. The molecule has 3 aliphatic carbocycles. The molecule has 0 aromatic rings. The molecule has 0 heterocycles. The molecule has 9 atom stereocenters. The highest BCUT2D eigenvalue weighted by Crippen LogP contribution is 2.65. The molecule has 3 heteroatoms. The van der Waals surface area contributed by atoms with Crippen LogP contribution in [0.5, 0.6) is 0 Å². The van der Waals surface area contributed by atoms with E-state index in [0.29, 0.717) is 29.6 Å². The molecule has 0 bridgehead atoms. The summed E-state index contributed by atoms with van der Waals surface area (Å²) in [6.07, 6.45) is 11.8. The fraction of sp³-hybridized carbons (Fsp3) is 1.00. The number of rotatable bonds is 8. The topological polar surface area (TPSA) is 49.7 Å². The van der Waals surface area contributed by atoms with Gasteiger partial charge in [0, 0.05) is 13.0 Å². The molecule has 2 N–H and O–H groups in total. The summed E-state index contributed by atoms with van der Waals surface area (Å²) in [5, 5.41) is 22.6. The maximum atomic E-state index is 11.9. The van der Waals surface area contributed by atoms with Crippen LogP contribution >= 0.6 is 0 Å². The first-order chi connectivity index (χ1) is 15.6. The first-order valence-electron chi connectivity index (χ1n) is 14.7. The van der Waals surface area contributed by atoms with E-state index in [1.807, 2.05) is 0 Å². The molecule has 3 saturated carbocycles. The minimum absolute atomic E-state index is 0.118. The second-order valence-corrected chi connectivity index (χ2v) is 14.9. The average Bonchev–Trinajstić information content (AvgIpc) is 3.05. The van der Waals surface area contributed by atoms with Crippen molar-refractivity contribution in [3.05, 3.63) is 0 Å². The second-order valence-electron chi connectivity index (χ2n) is 14.9. The highest BCUT2D eigenvalue weighted by Gasteiger charge is 2.61. The van der Waals surface area contributed by atoms with Crippen LogP contribution in [-0.2, 0) is 4.74 Å². The predicted molar refractivity (Wildman–Crippen MR) is 143 cm³/mol. The molecule has 0 aromatic heterocycles. The molecular formula is C31H58O3. The van der Waals surface area contributed by atoms with Crippen LogP contribution in [0, 0.1) is 46.3 Å². The molecule has 3 nitrogen and oxygen atoms in total. The lowest BCUT2D eigenvalue weighted by molar-refractivity contribution is -0.203. The minimum atomic E-state index is -0.769. The SMILES string of the molecule is CC(C)CCC[C@@H](C)[C@@H]1CC[C@H]2[C@@H](CO)[C@@H]([C@@]3(C)CC[C@H](OC(C)(C)C)C[C@]3(C)O)CC[C@@]21C. The van der Waals surface area contributed by atoms with E-state index in [9.17, 15) is 10.2 Å². The van der Waals surface area contributed by atoms with Crippen LogP contribution in [0.2, 0.25) is 0 Å². The quantitative estimate of drug-likeness (QED) is 0.377. The molecule has 34 heavy (non-hydrogen) atoms. The van der Waals surface area contributed by atoms with E-state index >= 15 is 0 Å². The third kappa shape index (κ3) is 5.57. The van der Waals surface area contributed by atoms with Crippen molar-refractivity contribution in [3.8, 4) is 0 Å². The summed E-state index contributed by atoms with van der Waals surface area (Å²) < 4.78 is 6.31. The number of hydrogen-bond donors (Lipinski definition) is 2. The van der Waals surface area contributed by atoms with E-state index in [1.54, 1.807) is 0 Å². The van der Waals surface area contributed by atoms with E-state index < -0.39 is 5.60 Å². The normalized spacial score (nSPS) is 44.3. The molecule has 0 saturated heterocycles. The van der Waals surface area contributed by atoms with Crippen molar-refractivity contribution < 1.29 is 14.9 Å². The first kappa shape index (κ1) is 28.5. The molecule has 0 aliphatic heterocycles.